The van der Waals surface area contributed by atoms with Crippen LogP contribution in [0.2, 0.25) is 0 Å². The molecule has 96 valence electrons. The Bertz CT molecular complexity index is 594. The SMILES string of the molecule is O=C(CCl)Nc1cccc2oc(C(F)(F)F)nc12. The normalized spacial score (nSPS) is 11.8. The number of aromatic nitrogens is 1. The number of alkyl halides is 4. The van der Waals surface area contributed by atoms with Crippen LogP contribution in [-0.2, 0) is 11.0 Å². The Kier molecular flexibility index (Phi) is 3.16. The van der Waals surface area contributed by atoms with Gasteiger partial charge in [0.15, 0.2) is 5.58 Å². The fourth-order valence-corrected chi connectivity index (χ4v) is 1.42. The van der Waals surface area contributed by atoms with Crippen molar-refractivity contribution < 1.29 is 22.4 Å². The second-order valence-electron chi connectivity index (χ2n) is 3.35. The first-order valence-electron chi connectivity index (χ1n) is 4.74. The van der Waals surface area contributed by atoms with Crippen molar-refractivity contribution in [3.8, 4) is 0 Å². The number of carbonyl (C=O) groups excluding carboxylic acids is 1. The van der Waals surface area contributed by atoms with Crippen molar-refractivity contribution in [2.75, 3.05) is 11.2 Å². The molecule has 0 saturated heterocycles. The number of fused-ring (bicyclic) bond motifs is 1. The second-order valence-corrected chi connectivity index (χ2v) is 3.62. The van der Waals surface area contributed by atoms with Crippen molar-refractivity contribution in [2.45, 2.75) is 6.18 Å². The van der Waals surface area contributed by atoms with Gasteiger partial charge in [0.1, 0.15) is 11.4 Å². The minimum Gasteiger partial charge on any atom is -0.433 e. The Hall–Kier alpha value is -1.76. The van der Waals surface area contributed by atoms with E-state index in [4.69, 9.17) is 11.6 Å². The molecule has 1 N–H and O–H groups in total. The molecule has 0 saturated carbocycles. The maximum Gasteiger partial charge on any atom is 0.468 e. The Morgan fingerprint density at radius 3 is 2.78 bits per heavy atom. The molecule has 0 aliphatic rings. The van der Waals surface area contributed by atoms with Gasteiger partial charge in [0.2, 0.25) is 5.91 Å². The van der Waals surface area contributed by atoms with Gasteiger partial charge in [-0.25, -0.2) is 4.98 Å². The number of halogens is 4. The Balaban J connectivity index is 2.49. The lowest BCUT2D eigenvalue weighted by molar-refractivity contribution is -0.156. The molecule has 0 unspecified atom stereocenters. The first-order valence-corrected chi connectivity index (χ1v) is 5.28. The summed E-state index contributed by atoms with van der Waals surface area (Å²) in [5.41, 5.74) is -0.00427. The van der Waals surface area contributed by atoms with E-state index in [1.165, 1.54) is 18.2 Å². The number of oxazole rings is 1. The van der Waals surface area contributed by atoms with Gasteiger partial charge in [-0.05, 0) is 12.1 Å². The lowest BCUT2D eigenvalue weighted by Crippen LogP contribution is -2.12. The average molecular weight is 279 g/mol. The average Bonchev–Trinajstić information content (AvgIpc) is 2.73. The van der Waals surface area contributed by atoms with E-state index in [0.29, 0.717) is 0 Å². The summed E-state index contributed by atoms with van der Waals surface area (Å²) in [6.45, 7) is 0. The van der Waals surface area contributed by atoms with E-state index in [9.17, 15) is 18.0 Å². The first kappa shape index (κ1) is 12.7. The molecule has 0 aliphatic heterocycles. The second kappa shape index (κ2) is 4.49. The molecule has 1 aromatic carbocycles. The largest absolute Gasteiger partial charge is 0.468 e. The zero-order valence-electron chi connectivity index (χ0n) is 8.71. The molecular formula is C10H6ClF3N2O2. The van der Waals surface area contributed by atoms with Gasteiger partial charge < -0.3 is 9.73 Å². The summed E-state index contributed by atoms with van der Waals surface area (Å²) in [6, 6.07) is 4.18. The van der Waals surface area contributed by atoms with Crippen LogP contribution < -0.4 is 5.32 Å². The number of carbonyl (C=O) groups is 1. The summed E-state index contributed by atoms with van der Waals surface area (Å²) in [7, 11) is 0. The minimum atomic E-state index is -4.67. The third-order valence-electron chi connectivity index (χ3n) is 2.06. The van der Waals surface area contributed by atoms with Crippen LogP contribution in [0.25, 0.3) is 11.1 Å². The summed E-state index contributed by atoms with van der Waals surface area (Å²) < 4.78 is 41.8. The molecule has 0 atom stereocenters. The first-order chi connectivity index (χ1) is 8.41. The van der Waals surface area contributed by atoms with Gasteiger partial charge in [0.25, 0.3) is 0 Å². The van der Waals surface area contributed by atoms with Crippen molar-refractivity contribution >= 4 is 34.3 Å². The van der Waals surface area contributed by atoms with Gasteiger partial charge in [0.05, 0.1) is 5.69 Å². The molecule has 2 rings (SSSR count). The zero-order valence-corrected chi connectivity index (χ0v) is 9.47. The predicted octanol–water partition coefficient (Wildman–Crippen LogP) is 3.02. The van der Waals surface area contributed by atoms with Gasteiger partial charge in [0, 0.05) is 0 Å². The monoisotopic (exact) mass is 278 g/mol. The number of hydrogen-bond donors (Lipinski definition) is 1. The third-order valence-corrected chi connectivity index (χ3v) is 2.30. The van der Waals surface area contributed by atoms with E-state index >= 15 is 0 Å². The molecule has 18 heavy (non-hydrogen) atoms. The minimum absolute atomic E-state index is 0.0605. The molecule has 4 nitrogen and oxygen atoms in total. The Morgan fingerprint density at radius 1 is 1.44 bits per heavy atom. The van der Waals surface area contributed by atoms with Crippen LogP contribution in [0.3, 0.4) is 0 Å². The topological polar surface area (TPSA) is 55.1 Å². The number of rotatable bonds is 2. The molecular weight excluding hydrogens is 273 g/mol. The van der Waals surface area contributed by atoms with Gasteiger partial charge >= 0.3 is 12.1 Å². The van der Waals surface area contributed by atoms with E-state index in [1.807, 2.05) is 0 Å². The lowest BCUT2D eigenvalue weighted by Gasteiger charge is -2.01. The van der Waals surface area contributed by atoms with Crippen molar-refractivity contribution in [3.05, 3.63) is 24.1 Å². The van der Waals surface area contributed by atoms with Crippen LogP contribution >= 0.6 is 11.6 Å². The molecule has 1 amide bonds. The number of nitrogens with zero attached hydrogens (tertiary/aromatic N) is 1. The molecule has 2 aromatic rings. The molecule has 1 aromatic heterocycles. The van der Waals surface area contributed by atoms with E-state index in [1.54, 1.807) is 0 Å². The summed E-state index contributed by atoms with van der Waals surface area (Å²) in [5, 5.41) is 2.34. The number of hydrogen-bond acceptors (Lipinski definition) is 3. The molecule has 0 fully saturated rings. The molecule has 0 bridgehead atoms. The van der Waals surface area contributed by atoms with Gasteiger partial charge in [-0.2, -0.15) is 13.2 Å². The number of anilines is 1. The zero-order chi connectivity index (χ0) is 13.3. The highest BCUT2D eigenvalue weighted by atomic mass is 35.5. The Morgan fingerprint density at radius 2 is 2.17 bits per heavy atom. The highest BCUT2D eigenvalue weighted by molar-refractivity contribution is 6.29. The van der Waals surface area contributed by atoms with Crippen molar-refractivity contribution in [2.24, 2.45) is 0 Å². The highest BCUT2D eigenvalue weighted by Gasteiger charge is 2.37. The van der Waals surface area contributed by atoms with Crippen molar-refractivity contribution in [1.29, 1.82) is 0 Å². The van der Waals surface area contributed by atoms with Crippen LogP contribution in [0.1, 0.15) is 5.89 Å². The van der Waals surface area contributed by atoms with E-state index in [2.05, 4.69) is 14.7 Å². The summed E-state index contributed by atoms with van der Waals surface area (Å²) in [4.78, 5) is 14.4. The van der Waals surface area contributed by atoms with E-state index < -0.39 is 18.0 Å². The molecule has 0 radical (unpaired) electrons. The van der Waals surface area contributed by atoms with Gasteiger partial charge in [-0.3, -0.25) is 4.79 Å². The van der Waals surface area contributed by atoms with Crippen molar-refractivity contribution in [1.82, 2.24) is 4.98 Å². The van der Waals surface area contributed by atoms with Crippen LogP contribution in [-0.4, -0.2) is 16.8 Å². The van der Waals surface area contributed by atoms with Gasteiger partial charge in [-0.15, -0.1) is 11.6 Å². The quantitative estimate of drug-likeness (QED) is 0.859. The maximum atomic E-state index is 12.4. The molecule has 1 heterocycles. The predicted molar refractivity (Wildman–Crippen MR) is 58.4 cm³/mol. The van der Waals surface area contributed by atoms with E-state index in [-0.39, 0.29) is 22.7 Å². The van der Waals surface area contributed by atoms with Crippen LogP contribution in [0, 0.1) is 0 Å². The fourth-order valence-electron chi connectivity index (χ4n) is 1.35. The number of para-hydroxylation sites is 1. The summed E-state index contributed by atoms with van der Waals surface area (Å²) >= 11 is 5.29. The molecule has 0 aliphatic carbocycles. The molecule has 8 heteroatoms. The number of nitrogens with one attached hydrogen (secondary N) is 1. The fraction of sp³-hybridized carbons (Fsp3) is 0.200. The van der Waals surface area contributed by atoms with Crippen LogP contribution in [0.4, 0.5) is 18.9 Å². The third kappa shape index (κ3) is 2.40. The lowest BCUT2D eigenvalue weighted by atomic mass is 10.3. The van der Waals surface area contributed by atoms with Gasteiger partial charge in [-0.1, -0.05) is 6.07 Å². The summed E-state index contributed by atoms with van der Waals surface area (Å²) in [5.74, 6) is -2.20. The van der Waals surface area contributed by atoms with E-state index in [0.717, 1.165) is 0 Å². The Labute approximate surface area is 104 Å². The van der Waals surface area contributed by atoms with Crippen LogP contribution in [0.5, 0.6) is 0 Å². The number of amides is 1. The standard InChI is InChI=1S/C10H6ClF3N2O2/c11-4-7(17)15-5-2-1-3-6-8(5)16-9(18-6)10(12,13)14/h1-3H,4H2,(H,15,17). The highest BCUT2D eigenvalue weighted by Crippen LogP contribution is 2.33. The number of benzene rings is 1. The molecule has 0 spiro atoms. The maximum absolute atomic E-state index is 12.4. The van der Waals surface area contributed by atoms with Crippen molar-refractivity contribution in [3.63, 3.8) is 0 Å². The summed E-state index contributed by atoms with van der Waals surface area (Å²) in [6.07, 6.45) is -4.67. The van der Waals surface area contributed by atoms with Crippen LogP contribution in [0.15, 0.2) is 22.6 Å². The smallest absolute Gasteiger partial charge is 0.433 e.